The number of aromatic nitrogens is 1. The molecule has 2 unspecified atom stereocenters. The number of para-hydroxylation sites is 1. The van der Waals surface area contributed by atoms with E-state index in [1.165, 1.54) is 0 Å². The summed E-state index contributed by atoms with van der Waals surface area (Å²) in [7, 11) is 0. The first-order valence-corrected chi connectivity index (χ1v) is 7.33. The van der Waals surface area contributed by atoms with Gasteiger partial charge < -0.3 is 16.4 Å². The third-order valence-electron chi connectivity index (χ3n) is 3.95. The highest BCUT2D eigenvalue weighted by Gasteiger charge is 2.20. The second-order valence-corrected chi connectivity index (χ2v) is 5.66. The van der Waals surface area contributed by atoms with Crippen LogP contribution in [0.5, 0.6) is 0 Å². The van der Waals surface area contributed by atoms with E-state index in [1.807, 2.05) is 30.3 Å². The quantitative estimate of drug-likeness (QED) is 0.804. The number of amides is 1. The average molecular weight is 284 g/mol. The molecule has 110 valence electrons. The zero-order valence-corrected chi connectivity index (χ0v) is 12.1. The van der Waals surface area contributed by atoms with Gasteiger partial charge in [0.1, 0.15) is 5.82 Å². The summed E-state index contributed by atoms with van der Waals surface area (Å²) in [6.07, 6.45) is 2.02. The van der Waals surface area contributed by atoms with Gasteiger partial charge >= 0.3 is 0 Å². The molecule has 5 nitrogen and oxygen atoms in total. The number of piperidine rings is 1. The van der Waals surface area contributed by atoms with Crippen LogP contribution in [-0.2, 0) is 0 Å². The fraction of sp³-hybridized carbons (Fsp3) is 0.375. The van der Waals surface area contributed by atoms with Gasteiger partial charge in [0.25, 0.3) is 5.91 Å². The van der Waals surface area contributed by atoms with Crippen LogP contribution in [0.4, 0.5) is 5.82 Å². The van der Waals surface area contributed by atoms with Crippen molar-refractivity contribution in [3.63, 3.8) is 0 Å². The highest BCUT2D eigenvalue weighted by molar-refractivity contribution is 6.01. The lowest BCUT2D eigenvalue weighted by molar-refractivity contribution is 0.100. The number of anilines is 1. The summed E-state index contributed by atoms with van der Waals surface area (Å²) in [6, 6.07) is 10.3. The number of benzene rings is 1. The summed E-state index contributed by atoms with van der Waals surface area (Å²) in [5, 5.41) is 7.74. The number of hydrogen-bond acceptors (Lipinski definition) is 4. The molecule has 0 aliphatic carbocycles. The van der Waals surface area contributed by atoms with Crippen molar-refractivity contribution in [3.8, 4) is 0 Å². The number of nitrogens with zero attached hydrogens (tertiary/aromatic N) is 1. The molecule has 0 spiro atoms. The lowest BCUT2D eigenvalue weighted by Crippen LogP contribution is -2.41. The molecule has 3 rings (SSSR count). The molecule has 1 saturated heterocycles. The summed E-state index contributed by atoms with van der Waals surface area (Å²) in [5.74, 6) is 0.151. The van der Waals surface area contributed by atoms with E-state index in [9.17, 15) is 4.79 Å². The maximum absolute atomic E-state index is 11.7. The number of nitrogens with one attached hydrogen (secondary N) is 2. The van der Waals surface area contributed by atoms with E-state index in [4.69, 9.17) is 5.73 Å². The largest absolute Gasteiger partial charge is 0.367 e. The predicted octanol–water partition coefficient (Wildman–Crippen LogP) is 1.89. The van der Waals surface area contributed by atoms with Gasteiger partial charge in [-0.1, -0.05) is 18.2 Å². The Labute approximate surface area is 123 Å². The fourth-order valence-electron chi connectivity index (χ4n) is 2.87. The molecule has 1 amide bonds. The van der Waals surface area contributed by atoms with Crippen molar-refractivity contribution in [1.29, 1.82) is 0 Å². The average Bonchev–Trinajstić information content (AvgIpc) is 2.46. The Morgan fingerprint density at radius 2 is 2.24 bits per heavy atom. The molecule has 2 aromatic rings. The molecule has 2 atom stereocenters. The first-order valence-electron chi connectivity index (χ1n) is 7.33. The maximum Gasteiger partial charge on any atom is 0.252 e. The summed E-state index contributed by atoms with van der Waals surface area (Å²) >= 11 is 0. The Bertz CT molecular complexity index is 670. The smallest absolute Gasteiger partial charge is 0.252 e. The molecule has 1 aliphatic rings. The molecular formula is C16H20N4O. The zero-order valence-electron chi connectivity index (χ0n) is 12.1. The Hall–Kier alpha value is -2.14. The molecule has 0 radical (unpaired) electrons. The van der Waals surface area contributed by atoms with Crippen LogP contribution in [-0.4, -0.2) is 29.5 Å². The molecule has 4 N–H and O–H groups in total. The second-order valence-electron chi connectivity index (χ2n) is 5.66. The van der Waals surface area contributed by atoms with E-state index in [1.54, 1.807) is 0 Å². The van der Waals surface area contributed by atoms with E-state index in [0.717, 1.165) is 30.3 Å². The normalized spacial score (nSPS) is 22.1. The van der Waals surface area contributed by atoms with E-state index in [2.05, 4.69) is 22.5 Å². The molecule has 1 aliphatic heterocycles. The number of hydrogen-bond donors (Lipinski definition) is 3. The van der Waals surface area contributed by atoms with Crippen LogP contribution in [0.2, 0.25) is 0 Å². The number of fused-ring (bicyclic) bond motifs is 1. The molecule has 21 heavy (non-hydrogen) atoms. The maximum atomic E-state index is 11.7. The van der Waals surface area contributed by atoms with Crippen molar-refractivity contribution in [1.82, 2.24) is 10.3 Å². The van der Waals surface area contributed by atoms with Gasteiger partial charge in [-0.2, -0.15) is 0 Å². The van der Waals surface area contributed by atoms with Crippen LogP contribution in [0.25, 0.3) is 10.9 Å². The van der Waals surface area contributed by atoms with Crippen LogP contribution >= 0.6 is 0 Å². The number of carbonyl (C=O) groups is 1. The van der Waals surface area contributed by atoms with Crippen molar-refractivity contribution >= 4 is 22.6 Å². The monoisotopic (exact) mass is 284 g/mol. The first kappa shape index (κ1) is 13.8. The Balaban J connectivity index is 1.95. The van der Waals surface area contributed by atoms with Crippen LogP contribution in [0.15, 0.2) is 30.3 Å². The predicted molar refractivity (Wildman–Crippen MR) is 84.4 cm³/mol. The van der Waals surface area contributed by atoms with Gasteiger partial charge in [-0.3, -0.25) is 4.79 Å². The lowest BCUT2D eigenvalue weighted by Gasteiger charge is -2.29. The molecule has 2 heterocycles. The first-order chi connectivity index (χ1) is 10.1. The second kappa shape index (κ2) is 5.69. The molecule has 0 bridgehead atoms. The third kappa shape index (κ3) is 2.97. The minimum atomic E-state index is -0.447. The van der Waals surface area contributed by atoms with Crippen molar-refractivity contribution in [2.75, 3.05) is 11.9 Å². The topological polar surface area (TPSA) is 80.0 Å². The van der Waals surface area contributed by atoms with E-state index >= 15 is 0 Å². The zero-order chi connectivity index (χ0) is 14.8. The van der Waals surface area contributed by atoms with Crippen molar-refractivity contribution in [3.05, 3.63) is 35.9 Å². The molecule has 0 saturated carbocycles. The number of rotatable bonds is 3. The van der Waals surface area contributed by atoms with Gasteiger partial charge in [0, 0.05) is 17.5 Å². The fourth-order valence-corrected chi connectivity index (χ4v) is 2.87. The number of pyridine rings is 1. The SMILES string of the molecule is CC1CC(Nc2nc3ccccc3cc2C(N)=O)CCN1. The van der Waals surface area contributed by atoms with E-state index < -0.39 is 5.91 Å². The minimum absolute atomic E-state index is 0.313. The minimum Gasteiger partial charge on any atom is -0.367 e. The van der Waals surface area contributed by atoms with E-state index in [-0.39, 0.29) is 0 Å². The third-order valence-corrected chi connectivity index (χ3v) is 3.95. The lowest BCUT2D eigenvalue weighted by atomic mass is 10.0. The number of nitrogens with two attached hydrogens (primary N) is 1. The van der Waals surface area contributed by atoms with Crippen LogP contribution < -0.4 is 16.4 Å². The molecule has 1 fully saturated rings. The van der Waals surface area contributed by atoms with Gasteiger partial charge in [-0.05, 0) is 38.4 Å². The van der Waals surface area contributed by atoms with Gasteiger partial charge in [-0.25, -0.2) is 4.98 Å². The van der Waals surface area contributed by atoms with Crippen LogP contribution in [0.3, 0.4) is 0 Å². The van der Waals surface area contributed by atoms with Gasteiger partial charge in [0.15, 0.2) is 0 Å². The standard InChI is InChI=1S/C16H20N4O/c1-10-8-12(6-7-18-10)19-16-13(15(17)21)9-11-4-2-3-5-14(11)20-16/h2-5,9-10,12,18H,6-8H2,1H3,(H2,17,21)(H,19,20). The van der Waals surface area contributed by atoms with Gasteiger partial charge in [-0.15, -0.1) is 0 Å². The molecular weight excluding hydrogens is 264 g/mol. The molecule has 1 aromatic heterocycles. The molecule has 5 heteroatoms. The van der Waals surface area contributed by atoms with Gasteiger partial charge in [0.2, 0.25) is 0 Å². The number of primary amides is 1. The summed E-state index contributed by atoms with van der Waals surface area (Å²) in [4.78, 5) is 16.3. The Kier molecular flexibility index (Phi) is 3.75. The highest BCUT2D eigenvalue weighted by atomic mass is 16.1. The highest BCUT2D eigenvalue weighted by Crippen LogP contribution is 2.22. The Morgan fingerprint density at radius 3 is 3.00 bits per heavy atom. The van der Waals surface area contributed by atoms with E-state index in [0.29, 0.717) is 23.5 Å². The van der Waals surface area contributed by atoms with Gasteiger partial charge in [0.05, 0.1) is 11.1 Å². The van der Waals surface area contributed by atoms with Crippen molar-refractivity contribution in [2.24, 2.45) is 5.73 Å². The summed E-state index contributed by atoms with van der Waals surface area (Å²) < 4.78 is 0. The van der Waals surface area contributed by atoms with Crippen molar-refractivity contribution < 1.29 is 4.79 Å². The number of carbonyl (C=O) groups excluding carboxylic acids is 1. The Morgan fingerprint density at radius 1 is 1.43 bits per heavy atom. The van der Waals surface area contributed by atoms with Crippen LogP contribution in [0, 0.1) is 0 Å². The van der Waals surface area contributed by atoms with Crippen LogP contribution in [0.1, 0.15) is 30.1 Å². The summed E-state index contributed by atoms with van der Waals surface area (Å²) in [5.41, 5.74) is 6.83. The molecule has 1 aromatic carbocycles. The summed E-state index contributed by atoms with van der Waals surface area (Å²) in [6.45, 7) is 3.13. The van der Waals surface area contributed by atoms with Crippen molar-refractivity contribution in [2.45, 2.75) is 31.8 Å².